The van der Waals surface area contributed by atoms with Crippen molar-refractivity contribution >= 4 is 53.2 Å². The summed E-state index contributed by atoms with van der Waals surface area (Å²) in [7, 11) is 0. The molecule has 2 N–H and O–H groups in total. The molecule has 0 saturated carbocycles. The Kier molecular flexibility index (Phi) is 9.35. The van der Waals surface area contributed by atoms with Crippen LogP contribution in [0.1, 0.15) is 29.0 Å². The van der Waals surface area contributed by atoms with E-state index in [1.165, 1.54) is 34.2 Å². The Morgan fingerprint density at radius 1 is 1.05 bits per heavy atom. The van der Waals surface area contributed by atoms with Gasteiger partial charge in [-0.05, 0) is 29.5 Å². The molecule has 1 saturated heterocycles. The van der Waals surface area contributed by atoms with Gasteiger partial charge in [0.2, 0.25) is 5.91 Å². The maximum Gasteiger partial charge on any atom is 0.427 e. The molecule has 0 radical (unpaired) electrons. The molecule has 2 aromatic carbocycles. The number of benzene rings is 2. The Morgan fingerprint density at radius 2 is 1.74 bits per heavy atom. The fourth-order valence-corrected chi connectivity index (χ4v) is 6.60. The molecular formula is C30H28N4O6S2. The normalized spacial score (nSPS) is 18.0. The Hall–Kier alpha value is -4.42. The highest BCUT2D eigenvalue weighted by Crippen LogP contribution is 2.41. The van der Waals surface area contributed by atoms with Crippen molar-refractivity contribution in [2.24, 2.45) is 5.10 Å². The lowest BCUT2D eigenvalue weighted by Crippen LogP contribution is -2.70. The van der Waals surface area contributed by atoms with E-state index >= 15 is 0 Å². The summed E-state index contributed by atoms with van der Waals surface area (Å²) >= 11 is 2.84. The van der Waals surface area contributed by atoms with Crippen LogP contribution in [0.5, 0.6) is 0 Å². The van der Waals surface area contributed by atoms with Gasteiger partial charge in [-0.25, -0.2) is 15.0 Å². The molecule has 3 amide bonds. The maximum atomic E-state index is 13.9. The minimum atomic E-state index is -0.791. The summed E-state index contributed by atoms with van der Waals surface area (Å²) in [5.41, 5.74) is 4.16. The van der Waals surface area contributed by atoms with Crippen molar-refractivity contribution < 1.29 is 28.7 Å². The van der Waals surface area contributed by atoms with Crippen LogP contribution in [0.4, 0.5) is 4.79 Å². The van der Waals surface area contributed by atoms with Crippen molar-refractivity contribution in [3.63, 3.8) is 0 Å². The number of carbonyl (C=O) groups is 4. The Labute approximate surface area is 250 Å². The number of thioether (sulfide) groups is 1. The number of hydrogen-bond acceptors (Lipinski definition) is 9. The second-order valence-electron chi connectivity index (χ2n) is 9.28. The molecule has 2 aliphatic rings. The SMILES string of the molecule is CCOC(=O)N/N=C/C1=C(C(=O)OC(c2ccccc2)c2ccccc2)N2C(=O)[C@@H](NC(=O)Cc3cccs3)[C@H]2SC1. The van der Waals surface area contributed by atoms with Gasteiger partial charge in [0.15, 0.2) is 6.10 Å². The van der Waals surface area contributed by atoms with E-state index in [-0.39, 0.29) is 30.4 Å². The van der Waals surface area contributed by atoms with Crippen molar-refractivity contribution in [3.8, 4) is 0 Å². The van der Waals surface area contributed by atoms with Gasteiger partial charge in [0.05, 0.1) is 19.2 Å². The van der Waals surface area contributed by atoms with Crippen molar-refractivity contribution in [1.82, 2.24) is 15.6 Å². The summed E-state index contributed by atoms with van der Waals surface area (Å²) in [6, 6.07) is 21.5. The third-order valence-electron chi connectivity index (χ3n) is 6.50. The summed E-state index contributed by atoms with van der Waals surface area (Å²) in [5.74, 6) is -1.15. The van der Waals surface area contributed by atoms with Gasteiger partial charge in [-0.1, -0.05) is 66.7 Å². The van der Waals surface area contributed by atoms with Crippen LogP contribution in [0.15, 0.2) is 94.5 Å². The lowest BCUT2D eigenvalue weighted by Gasteiger charge is -2.49. The van der Waals surface area contributed by atoms with Crippen LogP contribution >= 0.6 is 23.1 Å². The van der Waals surface area contributed by atoms with Gasteiger partial charge in [-0.3, -0.25) is 14.5 Å². The summed E-state index contributed by atoms with van der Waals surface area (Å²) < 4.78 is 10.9. The zero-order valence-corrected chi connectivity index (χ0v) is 24.2. The maximum absolute atomic E-state index is 13.9. The predicted molar refractivity (Wildman–Crippen MR) is 160 cm³/mol. The molecular weight excluding hydrogens is 576 g/mol. The van der Waals surface area contributed by atoms with Crippen molar-refractivity contribution in [1.29, 1.82) is 0 Å². The first kappa shape index (κ1) is 29.1. The van der Waals surface area contributed by atoms with E-state index in [4.69, 9.17) is 9.47 Å². The van der Waals surface area contributed by atoms with E-state index in [0.717, 1.165) is 16.0 Å². The molecule has 42 heavy (non-hydrogen) atoms. The average molecular weight is 605 g/mol. The molecule has 12 heteroatoms. The summed E-state index contributed by atoms with van der Waals surface area (Å²) in [6.07, 6.45) is -0.0145. The highest BCUT2D eigenvalue weighted by Gasteiger charge is 2.54. The molecule has 1 aromatic heterocycles. The number of ether oxygens (including phenoxy) is 2. The molecule has 10 nitrogen and oxygen atoms in total. The standard InChI is InChI=1S/C30H28N4O6S2/c1-2-39-30(38)33-31-17-21-18-42-28-24(32-23(35)16-22-14-9-15-41-22)27(36)34(28)25(21)29(37)40-26(19-10-5-3-6-11-19)20-12-7-4-8-13-20/h3-15,17,24,26,28H,2,16,18H2,1H3,(H,32,35)(H,33,38)/b31-17+/t24-,28-/m1/s1. The van der Waals surface area contributed by atoms with Gasteiger partial charge >= 0.3 is 12.1 Å². The number of hydrazone groups is 1. The highest BCUT2D eigenvalue weighted by atomic mass is 32.2. The number of esters is 1. The van der Waals surface area contributed by atoms with Crippen LogP contribution in [0, 0.1) is 0 Å². The van der Waals surface area contributed by atoms with Crippen LogP contribution in [0.3, 0.4) is 0 Å². The third-order valence-corrected chi connectivity index (χ3v) is 8.68. The van der Waals surface area contributed by atoms with Gasteiger partial charge in [0.1, 0.15) is 17.1 Å². The average Bonchev–Trinajstić information content (AvgIpc) is 3.52. The number of hydrogen-bond donors (Lipinski definition) is 2. The number of amides is 3. The minimum absolute atomic E-state index is 0.0128. The van der Waals surface area contributed by atoms with E-state index in [1.807, 2.05) is 78.2 Å². The molecule has 3 aromatic rings. The lowest BCUT2D eigenvalue weighted by atomic mass is 10.0. The summed E-state index contributed by atoms with van der Waals surface area (Å²) in [6.45, 7) is 1.83. The first-order valence-corrected chi connectivity index (χ1v) is 15.2. The molecule has 2 aliphatic heterocycles. The second-order valence-corrected chi connectivity index (χ2v) is 11.4. The third kappa shape index (κ3) is 6.55. The number of rotatable bonds is 10. The fraction of sp³-hybridized carbons (Fsp3) is 0.233. The van der Waals surface area contributed by atoms with Gasteiger partial charge in [0, 0.05) is 16.2 Å². The summed E-state index contributed by atoms with van der Waals surface area (Å²) in [4.78, 5) is 53.9. The summed E-state index contributed by atoms with van der Waals surface area (Å²) in [5, 5.41) is 8.12. The Morgan fingerprint density at radius 3 is 2.36 bits per heavy atom. The molecule has 0 aliphatic carbocycles. The number of β-lactam (4-membered cyclic amide) rings is 1. The van der Waals surface area contributed by atoms with Crippen LogP contribution in [0.25, 0.3) is 0 Å². The first-order valence-electron chi connectivity index (χ1n) is 13.2. The monoisotopic (exact) mass is 604 g/mol. The quantitative estimate of drug-likeness (QED) is 0.155. The molecule has 0 bridgehead atoms. The van der Waals surface area contributed by atoms with E-state index in [9.17, 15) is 19.2 Å². The van der Waals surface area contributed by atoms with Crippen LogP contribution in [0.2, 0.25) is 0 Å². The van der Waals surface area contributed by atoms with Crippen molar-refractivity contribution in [2.45, 2.75) is 30.9 Å². The lowest BCUT2D eigenvalue weighted by molar-refractivity contribution is -0.154. The van der Waals surface area contributed by atoms with Crippen molar-refractivity contribution in [2.75, 3.05) is 12.4 Å². The molecule has 0 unspecified atom stereocenters. The number of carbonyl (C=O) groups excluding carboxylic acids is 4. The van der Waals surface area contributed by atoms with Crippen LogP contribution < -0.4 is 10.7 Å². The largest absolute Gasteiger partial charge is 0.449 e. The van der Waals surface area contributed by atoms with Gasteiger partial charge in [-0.2, -0.15) is 5.10 Å². The van der Waals surface area contributed by atoms with E-state index < -0.39 is 35.5 Å². The number of nitrogens with zero attached hydrogens (tertiary/aromatic N) is 2. The molecule has 216 valence electrons. The molecule has 1 fully saturated rings. The molecule has 5 rings (SSSR count). The Bertz CT molecular complexity index is 1450. The number of nitrogens with one attached hydrogen (secondary N) is 2. The van der Waals surface area contributed by atoms with Gasteiger partial charge in [0.25, 0.3) is 5.91 Å². The van der Waals surface area contributed by atoms with E-state index in [0.29, 0.717) is 5.57 Å². The molecule has 2 atom stereocenters. The van der Waals surface area contributed by atoms with Crippen LogP contribution in [-0.4, -0.2) is 58.8 Å². The second kappa shape index (κ2) is 13.5. The predicted octanol–water partition coefficient (Wildman–Crippen LogP) is 4.01. The Balaban J connectivity index is 1.41. The van der Waals surface area contributed by atoms with Crippen LogP contribution in [-0.2, 0) is 30.3 Å². The highest BCUT2D eigenvalue weighted by molar-refractivity contribution is 8.00. The fourth-order valence-electron chi connectivity index (χ4n) is 4.60. The zero-order chi connectivity index (χ0) is 29.5. The van der Waals surface area contributed by atoms with Gasteiger partial charge in [-0.15, -0.1) is 23.1 Å². The number of thiophene rings is 1. The minimum Gasteiger partial charge on any atom is -0.449 e. The zero-order valence-electron chi connectivity index (χ0n) is 22.6. The van der Waals surface area contributed by atoms with Gasteiger partial charge < -0.3 is 14.8 Å². The van der Waals surface area contributed by atoms with Crippen molar-refractivity contribution in [3.05, 3.63) is 105 Å². The number of fused-ring (bicyclic) bond motifs is 1. The smallest absolute Gasteiger partial charge is 0.427 e. The topological polar surface area (TPSA) is 126 Å². The molecule has 0 spiro atoms. The van der Waals surface area contributed by atoms with E-state index in [1.54, 1.807) is 6.92 Å². The van der Waals surface area contributed by atoms with E-state index in [2.05, 4.69) is 15.8 Å². The first-order chi connectivity index (χ1) is 20.5. The molecule has 3 heterocycles.